The molecule has 96 valence electrons. The van der Waals surface area contributed by atoms with E-state index in [1.54, 1.807) is 0 Å². The van der Waals surface area contributed by atoms with Gasteiger partial charge in [0.15, 0.2) is 0 Å². The van der Waals surface area contributed by atoms with E-state index in [9.17, 15) is 35.1 Å². The quantitative estimate of drug-likeness (QED) is 0.654. The van der Waals surface area contributed by atoms with Crippen molar-refractivity contribution in [3.63, 3.8) is 0 Å². The van der Waals surface area contributed by atoms with Gasteiger partial charge in [-0.1, -0.05) is 6.92 Å². The average molecular weight is 256 g/mol. The minimum Gasteiger partial charge on any atom is -0.196 e. The van der Waals surface area contributed by atoms with Crippen LogP contribution in [-0.2, 0) is 0 Å². The zero-order valence-corrected chi connectivity index (χ0v) is 7.96. The molecule has 0 spiro atoms. The predicted molar refractivity (Wildman–Crippen MR) is 37.8 cm³/mol. The van der Waals surface area contributed by atoms with Crippen molar-refractivity contribution in [2.75, 3.05) is 0 Å². The van der Waals surface area contributed by atoms with Crippen LogP contribution in [0.1, 0.15) is 13.3 Å². The summed E-state index contributed by atoms with van der Waals surface area (Å²) in [6.45, 7) is 0.622. The summed E-state index contributed by atoms with van der Waals surface area (Å²) in [4.78, 5) is 0. The average Bonchev–Trinajstić information content (AvgIpc) is 2.77. The second kappa shape index (κ2) is 3.46. The fourth-order valence-corrected chi connectivity index (χ4v) is 1.64. The maximum Gasteiger partial charge on any atom is 0.453 e. The maximum absolute atomic E-state index is 12.6. The highest BCUT2D eigenvalue weighted by molar-refractivity contribution is 5.02. The highest BCUT2D eigenvalue weighted by Gasteiger charge is 2.71. The first-order valence-corrected chi connectivity index (χ1v) is 4.40. The Morgan fingerprint density at radius 3 is 1.69 bits per heavy atom. The van der Waals surface area contributed by atoms with E-state index >= 15 is 0 Å². The van der Waals surface area contributed by atoms with Gasteiger partial charge in [0.2, 0.25) is 0 Å². The first-order valence-electron chi connectivity index (χ1n) is 4.40. The second-order valence-electron chi connectivity index (χ2n) is 3.96. The van der Waals surface area contributed by atoms with Gasteiger partial charge >= 0.3 is 18.3 Å². The monoisotopic (exact) mass is 256 g/mol. The lowest BCUT2D eigenvalue weighted by Crippen LogP contribution is -2.40. The third-order valence-electron chi connectivity index (χ3n) is 2.84. The summed E-state index contributed by atoms with van der Waals surface area (Å²) in [5, 5.41) is 0. The van der Waals surface area contributed by atoms with Crippen LogP contribution in [0.15, 0.2) is 0 Å². The van der Waals surface area contributed by atoms with Crippen LogP contribution in [0.4, 0.5) is 35.1 Å². The summed E-state index contributed by atoms with van der Waals surface area (Å²) in [5.74, 6) is -11.1. The van der Waals surface area contributed by atoms with Crippen LogP contribution in [0.25, 0.3) is 0 Å². The van der Waals surface area contributed by atoms with Crippen LogP contribution in [0.2, 0.25) is 0 Å². The molecule has 0 saturated heterocycles. The van der Waals surface area contributed by atoms with Crippen LogP contribution in [-0.4, -0.2) is 18.3 Å². The lowest BCUT2D eigenvalue weighted by Gasteiger charge is -2.21. The number of hydrogen-bond donors (Lipinski definition) is 0. The van der Waals surface area contributed by atoms with E-state index in [-0.39, 0.29) is 0 Å². The van der Waals surface area contributed by atoms with E-state index in [1.165, 1.54) is 0 Å². The summed E-state index contributed by atoms with van der Waals surface area (Å²) in [6, 6.07) is 0. The SMILES string of the molecule is CC(C1CC1C(F)(F)C(F)(F)F)C(F)(F)F. The molecule has 3 unspecified atom stereocenters. The molecule has 1 aliphatic carbocycles. The van der Waals surface area contributed by atoms with E-state index in [1.807, 2.05) is 0 Å². The topological polar surface area (TPSA) is 0 Å². The summed E-state index contributed by atoms with van der Waals surface area (Å²) in [5.41, 5.74) is 0. The van der Waals surface area contributed by atoms with Gasteiger partial charge in [-0.05, 0) is 12.3 Å². The minimum atomic E-state index is -5.78. The summed E-state index contributed by atoms with van der Waals surface area (Å²) < 4.78 is 96.9. The molecule has 0 radical (unpaired) electrons. The van der Waals surface area contributed by atoms with Gasteiger partial charge in [0, 0.05) is 5.92 Å². The Labute approximate surface area is 85.6 Å². The Kier molecular flexibility index (Phi) is 2.92. The molecule has 0 heterocycles. The highest BCUT2D eigenvalue weighted by Crippen LogP contribution is 2.60. The van der Waals surface area contributed by atoms with E-state index < -0.39 is 42.4 Å². The molecule has 3 atom stereocenters. The molecule has 1 saturated carbocycles. The molecular weight excluding hydrogens is 248 g/mol. The van der Waals surface area contributed by atoms with Gasteiger partial charge in [0.1, 0.15) is 0 Å². The zero-order valence-electron chi connectivity index (χ0n) is 7.96. The van der Waals surface area contributed by atoms with Crippen molar-refractivity contribution in [1.29, 1.82) is 0 Å². The zero-order chi connectivity index (χ0) is 12.9. The summed E-state index contributed by atoms with van der Waals surface area (Å²) >= 11 is 0. The van der Waals surface area contributed by atoms with Crippen molar-refractivity contribution >= 4 is 0 Å². The van der Waals surface area contributed by atoms with Crippen molar-refractivity contribution < 1.29 is 35.1 Å². The van der Waals surface area contributed by atoms with Gasteiger partial charge in [-0.3, -0.25) is 0 Å². The van der Waals surface area contributed by atoms with Crippen molar-refractivity contribution in [3.05, 3.63) is 0 Å². The van der Waals surface area contributed by atoms with Gasteiger partial charge in [-0.2, -0.15) is 35.1 Å². The van der Waals surface area contributed by atoms with Crippen molar-refractivity contribution in [3.8, 4) is 0 Å². The fourth-order valence-electron chi connectivity index (χ4n) is 1.64. The molecule has 0 aromatic carbocycles. The van der Waals surface area contributed by atoms with Gasteiger partial charge in [-0.15, -0.1) is 0 Å². The minimum absolute atomic E-state index is 0.622. The van der Waals surface area contributed by atoms with Crippen LogP contribution >= 0.6 is 0 Å². The third-order valence-corrected chi connectivity index (χ3v) is 2.84. The maximum atomic E-state index is 12.6. The molecule has 0 nitrogen and oxygen atoms in total. The Morgan fingerprint density at radius 1 is 0.938 bits per heavy atom. The van der Waals surface area contributed by atoms with Gasteiger partial charge in [0.05, 0.1) is 5.92 Å². The Morgan fingerprint density at radius 2 is 1.38 bits per heavy atom. The van der Waals surface area contributed by atoms with Crippen LogP contribution in [0.3, 0.4) is 0 Å². The Bertz CT molecular complexity index is 262. The van der Waals surface area contributed by atoms with Crippen LogP contribution < -0.4 is 0 Å². The second-order valence-corrected chi connectivity index (χ2v) is 3.96. The van der Waals surface area contributed by atoms with E-state index in [4.69, 9.17) is 0 Å². The van der Waals surface area contributed by atoms with Gasteiger partial charge < -0.3 is 0 Å². The smallest absolute Gasteiger partial charge is 0.196 e. The standard InChI is InChI=1S/C8H8F8/c1-3(7(11,12)13)4-2-5(4)6(9,10)8(14,15)16/h3-5H,2H2,1H3. The van der Waals surface area contributed by atoms with E-state index in [2.05, 4.69) is 0 Å². The molecule has 0 aliphatic heterocycles. The molecule has 0 amide bonds. The van der Waals surface area contributed by atoms with Crippen LogP contribution in [0.5, 0.6) is 0 Å². The lowest BCUT2D eigenvalue weighted by molar-refractivity contribution is -0.294. The number of alkyl halides is 8. The molecular formula is C8H8F8. The van der Waals surface area contributed by atoms with Gasteiger partial charge in [0.25, 0.3) is 0 Å². The Balaban J connectivity index is 2.71. The first-order chi connectivity index (χ1) is 6.89. The van der Waals surface area contributed by atoms with Crippen molar-refractivity contribution in [2.24, 2.45) is 17.8 Å². The summed E-state index contributed by atoms with van der Waals surface area (Å²) in [6.07, 6.45) is -11.3. The number of halogens is 8. The highest BCUT2D eigenvalue weighted by atomic mass is 19.4. The summed E-state index contributed by atoms with van der Waals surface area (Å²) in [7, 11) is 0. The van der Waals surface area contributed by atoms with E-state index in [0.29, 0.717) is 6.92 Å². The molecule has 0 aromatic rings. The molecule has 0 bridgehead atoms. The predicted octanol–water partition coefficient (Wildman–Crippen LogP) is 4.02. The van der Waals surface area contributed by atoms with Gasteiger partial charge in [-0.25, -0.2) is 0 Å². The Hall–Kier alpha value is -0.560. The van der Waals surface area contributed by atoms with E-state index in [0.717, 1.165) is 0 Å². The molecule has 16 heavy (non-hydrogen) atoms. The van der Waals surface area contributed by atoms with Crippen LogP contribution in [0, 0.1) is 17.8 Å². The molecule has 0 aromatic heterocycles. The first kappa shape index (κ1) is 13.5. The number of hydrogen-bond acceptors (Lipinski definition) is 0. The van der Waals surface area contributed by atoms with Crippen molar-refractivity contribution in [1.82, 2.24) is 0 Å². The molecule has 1 fully saturated rings. The molecule has 8 heteroatoms. The number of rotatable bonds is 2. The molecule has 0 N–H and O–H groups in total. The molecule has 1 rings (SSSR count). The fraction of sp³-hybridized carbons (Fsp3) is 1.00. The lowest BCUT2D eigenvalue weighted by atomic mass is 10.0. The third kappa shape index (κ3) is 2.24. The molecule has 1 aliphatic rings. The largest absolute Gasteiger partial charge is 0.453 e. The normalized spacial score (nSPS) is 29.1. The van der Waals surface area contributed by atoms with Crippen molar-refractivity contribution in [2.45, 2.75) is 31.6 Å².